The molecule has 3 aliphatic rings. The first-order valence-electron chi connectivity index (χ1n) is 14.1. The molecule has 9 nitrogen and oxygen atoms in total. The summed E-state index contributed by atoms with van der Waals surface area (Å²) in [5.41, 5.74) is 6.43. The maximum Gasteiger partial charge on any atom is 0.214 e. The lowest BCUT2D eigenvalue weighted by atomic mass is 10.0. The minimum atomic E-state index is -0.391. The number of hydrogen-bond donors (Lipinski definition) is 0. The van der Waals surface area contributed by atoms with E-state index in [2.05, 4.69) is 48.1 Å². The van der Waals surface area contributed by atoms with Gasteiger partial charge in [-0.05, 0) is 54.0 Å². The van der Waals surface area contributed by atoms with Gasteiger partial charge >= 0.3 is 0 Å². The third-order valence-electron chi connectivity index (χ3n) is 7.89. The Kier molecular flexibility index (Phi) is 7.50. The van der Waals surface area contributed by atoms with Crippen LogP contribution in [0.4, 0.5) is 4.39 Å². The Morgan fingerprint density at radius 1 is 1.10 bits per heavy atom. The van der Waals surface area contributed by atoms with Crippen LogP contribution in [0.1, 0.15) is 35.5 Å². The van der Waals surface area contributed by atoms with E-state index in [1.54, 1.807) is 18.2 Å². The van der Waals surface area contributed by atoms with E-state index in [4.69, 9.17) is 26.1 Å². The van der Waals surface area contributed by atoms with E-state index < -0.39 is 5.82 Å². The number of rotatable bonds is 9. The maximum atomic E-state index is 14.1. The summed E-state index contributed by atoms with van der Waals surface area (Å²) in [6.45, 7) is 4.58. The van der Waals surface area contributed by atoms with E-state index in [0.29, 0.717) is 23.0 Å². The second kappa shape index (κ2) is 11.7. The molecule has 2 aromatic heterocycles. The summed E-state index contributed by atoms with van der Waals surface area (Å²) >= 11 is 5.86. The fourth-order valence-electron chi connectivity index (χ4n) is 5.43. The van der Waals surface area contributed by atoms with Crippen molar-refractivity contribution in [2.45, 2.75) is 38.6 Å². The van der Waals surface area contributed by atoms with E-state index in [1.165, 1.54) is 11.6 Å². The summed E-state index contributed by atoms with van der Waals surface area (Å²) in [6, 6.07) is 16.5. The minimum Gasteiger partial charge on any atom is -0.473 e. The average molecular weight is 586 g/mol. The zero-order chi connectivity index (χ0) is 28.5. The first kappa shape index (κ1) is 26.9. The van der Waals surface area contributed by atoms with E-state index in [1.807, 2.05) is 18.2 Å². The highest BCUT2D eigenvalue weighted by molar-refractivity contribution is 6.30. The normalized spacial score (nSPS) is 18.7. The van der Waals surface area contributed by atoms with Crippen LogP contribution in [0.25, 0.3) is 16.6 Å². The van der Waals surface area contributed by atoms with Crippen molar-refractivity contribution >= 4 is 33.9 Å². The lowest BCUT2D eigenvalue weighted by Gasteiger charge is -2.29. The number of benzene rings is 2. The standard InChI is InChI=1S/C31H29ClFN7O2/c32-23-6-4-22(25(33)15-23)19-42-31-3-1-2-26(36-31)20-8-11-39(12-9-20)18-30-35-27-7-5-21(28-16-34-38-37-28)14-29(27)40(30)17-24-10-13-41-24/h1-8,14-15,24H,9-13,16-19H2/t24-/m0/s1. The minimum absolute atomic E-state index is 0.0828. The monoisotopic (exact) mass is 585 g/mol. The van der Waals surface area contributed by atoms with Gasteiger partial charge in [0.15, 0.2) is 0 Å². The number of halogens is 2. The Labute approximate surface area is 247 Å². The molecule has 0 aliphatic carbocycles. The quantitative estimate of drug-likeness (QED) is 0.238. The molecule has 7 rings (SSSR count). The summed E-state index contributed by atoms with van der Waals surface area (Å²) in [6.07, 6.45) is 4.34. The Hall–Kier alpha value is -3.99. The number of hydrogen-bond acceptors (Lipinski definition) is 8. The summed E-state index contributed by atoms with van der Waals surface area (Å²) in [7, 11) is 0. The summed E-state index contributed by atoms with van der Waals surface area (Å²) < 4.78 is 28.0. The molecule has 3 aliphatic heterocycles. The number of nitrogens with zero attached hydrogens (tertiary/aromatic N) is 7. The molecule has 1 atom stereocenters. The van der Waals surface area contributed by atoms with Gasteiger partial charge < -0.3 is 14.0 Å². The SMILES string of the molecule is Fc1cc(Cl)ccc1COc1cccc(C2=CCN(Cc3nc4ccc(C5=NN=NC5)cc4n3C[C@@H]3CCO3)CC2)n1. The van der Waals surface area contributed by atoms with Crippen LogP contribution in [0, 0.1) is 5.82 Å². The van der Waals surface area contributed by atoms with Gasteiger partial charge in [-0.25, -0.2) is 14.4 Å². The van der Waals surface area contributed by atoms with Gasteiger partial charge in [0.2, 0.25) is 5.88 Å². The molecule has 0 radical (unpaired) electrons. The zero-order valence-corrected chi connectivity index (χ0v) is 23.7. The first-order chi connectivity index (χ1) is 20.6. The number of pyridine rings is 1. The third kappa shape index (κ3) is 5.70. The van der Waals surface area contributed by atoms with Crippen molar-refractivity contribution in [3.8, 4) is 5.88 Å². The van der Waals surface area contributed by atoms with Crippen molar-refractivity contribution in [3.63, 3.8) is 0 Å². The van der Waals surface area contributed by atoms with Crippen molar-refractivity contribution in [2.24, 2.45) is 15.4 Å². The van der Waals surface area contributed by atoms with Crippen LogP contribution in [-0.2, 0) is 24.4 Å². The molecular formula is C31H29ClFN7O2. The first-order valence-corrected chi connectivity index (χ1v) is 14.5. The molecule has 0 spiro atoms. The number of aromatic nitrogens is 3. The van der Waals surface area contributed by atoms with Crippen LogP contribution in [0.3, 0.4) is 0 Å². The second-order valence-corrected chi connectivity index (χ2v) is 11.1. The third-order valence-corrected chi connectivity index (χ3v) is 8.13. The molecule has 0 N–H and O–H groups in total. The van der Waals surface area contributed by atoms with Crippen molar-refractivity contribution < 1.29 is 13.9 Å². The van der Waals surface area contributed by atoms with Crippen molar-refractivity contribution in [2.75, 3.05) is 26.2 Å². The van der Waals surface area contributed by atoms with Gasteiger partial charge in [-0.3, -0.25) is 4.90 Å². The summed E-state index contributed by atoms with van der Waals surface area (Å²) in [4.78, 5) is 12.1. The molecular weight excluding hydrogens is 557 g/mol. The van der Waals surface area contributed by atoms with Gasteiger partial charge in [-0.1, -0.05) is 35.9 Å². The van der Waals surface area contributed by atoms with Crippen molar-refractivity contribution in [1.82, 2.24) is 19.4 Å². The molecule has 5 heterocycles. The van der Waals surface area contributed by atoms with Gasteiger partial charge in [-0.15, -0.1) is 5.10 Å². The van der Waals surface area contributed by atoms with Gasteiger partial charge in [0.1, 0.15) is 24.8 Å². The summed E-state index contributed by atoms with van der Waals surface area (Å²) in [5, 5.41) is 12.3. The Bertz CT molecular complexity index is 1730. The average Bonchev–Trinajstić information content (AvgIpc) is 3.63. The van der Waals surface area contributed by atoms with Crippen LogP contribution in [0.2, 0.25) is 5.02 Å². The molecule has 42 heavy (non-hydrogen) atoms. The number of imidazole rings is 1. The van der Waals surface area contributed by atoms with Crippen LogP contribution in [0.5, 0.6) is 5.88 Å². The highest BCUT2D eigenvalue weighted by Crippen LogP contribution is 2.27. The Balaban J connectivity index is 1.05. The van der Waals surface area contributed by atoms with Gasteiger partial charge in [-0.2, -0.15) is 5.11 Å². The van der Waals surface area contributed by atoms with E-state index in [-0.39, 0.29) is 12.7 Å². The van der Waals surface area contributed by atoms with Crippen molar-refractivity contribution in [1.29, 1.82) is 0 Å². The highest BCUT2D eigenvalue weighted by atomic mass is 35.5. The lowest BCUT2D eigenvalue weighted by molar-refractivity contribution is -0.0591. The largest absolute Gasteiger partial charge is 0.473 e. The molecule has 2 aromatic carbocycles. The Morgan fingerprint density at radius 2 is 2.02 bits per heavy atom. The molecule has 0 saturated carbocycles. The predicted octanol–water partition coefficient (Wildman–Crippen LogP) is 6.05. The predicted molar refractivity (Wildman–Crippen MR) is 158 cm³/mol. The lowest BCUT2D eigenvalue weighted by Crippen LogP contribution is -2.33. The van der Waals surface area contributed by atoms with Gasteiger partial charge in [0.25, 0.3) is 0 Å². The van der Waals surface area contributed by atoms with E-state index in [0.717, 1.165) is 79.5 Å². The van der Waals surface area contributed by atoms with Crippen molar-refractivity contribution in [3.05, 3.63) is 94.2 Å². The molecule has 0 bridgehead atoms. The molecule has 214 valence electrons. The van der Waals surface area contributed by atoms with Crippen LogP contribution in [-0.4, -0.2) is 57.5 Å². The van der Waals surface area contributed by atoms with E-state index >= 15 is 0 Å². The molecule has 1 saturated heterocycles. The van der Waals surface area contributed by atoms with Crippen LogP contribution in [0.15, 0.2) is 76.1 Å². The fraction of sp³-hybridized carbons (Fsp3) is 0.323. The number of fused-ring (bicyclic) bond motifs is 1. The van der Waals surface area contributed by atoms with Crippen LogP contribution >= 0.6 is 11.6 Å². The topological polar surface area (TPSA) is 89.5 Å². The molecule has 0 unspecified atom stereocenters. The maximum absolute atomic E-state index is 14.1. The molecule has 4 aromatic rings. The smallest absolute Gasteiger partial charge is 0.214 e. The fourth-order valence-corrected chi connectivity index (χ4v) is 5.58. The Morgan fingerprint density at radius 3 is 2.79 bits per heavy atom. The molecule has 0 amide bonds. The van der Waals surface area contributed by atoms with Crippen LogP contribution < -0.4 is 4.74 Å². The zero-order valence-electron chi connectivity index (χ0n) is 22.9. The number of ether oxygens (including phenoxy) is 2. The summed E-state index contributed by atoms with van der Waals surface area (Å²) in [5.74, 6) is 1.10. The van der Waals surface area contributed by atoms with Gasteiger partial charge in [0, 0.05) is 41.9 Å². The van der Waals surface area contributed by atoms with E-state index in [9.17, 15) is 4.39 Å². The molecule has 11 heteroatoms. The molecule has 1 fully saturated rings. The highest BCUT2D eigenvalue weighted by Gasteiger charge is 2.24. The van der Waals surface area contributed by atoms with Gasteiger partial charge in [0.05, 0.1) is 41.6 Å². The second-order valence-electron chi connectivity index (χ2n) is 10.7.